The zero-order valence-electron chi connectivity index (χ0n) is 7.18. The van der Waals surface area contributed by atoms with Crippen LogP contribution >= 0.6 is 23.4 Å². The van der Waals surface area contributed by atoms with Gasteiger partial charge < -0.3 is 4.42 Å². The number of rotatable bonds is 3. The van der Waals surface area contributed by atoms with Gasteiger partial charge in [0.25, 0.3) is 0 Å². The molecular weight excluding hydrogens is 220 g/mol. The van der Waals surface area contributed by atoms with E-state index in [-0.39, 0.29) is 0 Å². The number of thioether (sulfide) groups is 1. The molecule has 0 aliphatic rings. The van der Waals surface area contributed by atoms with E-state index in [9.17, 15) is 0 Å². The Morgan fingerprint density at radius 3 is 2.93 bits per heavy atom. The van der Waals surface area contributed by atoms with E-state index in [4.69, 9.17) is 16.0 Å². The Labute approximate surface area is 90.5 Å². The molecule has 2 aromatic heterocycles. The van der Waals surface area contributed by atoms with Gasteiger partial charge in [-0.15, -0.1) is 0 Å². The molecule has 0 spiro atoms. The van der Waals surface area contributed by atoms with Crippen LogP contribution in [0.15, 0.2) is 40.2 Å². The molecule has 72 valence electrons. The van der Waals surface area contributed by atoms with Crippen LogP contribution in [0.5, 0.6) is 0 Å². The molecule has 0 bridgehead atoms. The summed E-state index contributed by atoms with van der Waals surface area (Å²) in [5, 5.41) is 1.29. The van der Waals surface area contributed by atoms with E-state index in [1.165, 1.54) is 0 Å². The number of nitrogens with zero attached hydrogens (tertiary/aromatic N) is 2. The minimum Gasteiger partial charge on any atom is -0.449 e. The number of hydrogen-bond acceptors (Lipinski definition) is 4. The molecule has 0 fully saturated rings. The van der Waals surface area contributed by atoms with Gasteiger partial charge in [0.2, 0.25) is 0 Å². The highest BCUT2D eigenvalue weighted by Crippen LogP contribution is 2.22. The third-order valence-corrected chi connectivity index (χ3v) is 2.67. The fourth-order valence-electron chi connectivity index (χ4n) is 0.934. The highest BCUT2D eigenvalue weighted by Gasteiger charge is 2.01. The van der Waals surface area contributed by atoms with Crippen LogP contribution in [0, 0.1) is 0 Å². The zero-order valence-corrected chi connectivity index (χ0v) is 8.76. The fourth-order valence-corrected chi connectivity index (χ4v) is 1.81. The molecule has 2 rings (SSSR count). The van der Waals surface area contributed by atoms with Gasteiger partial charge in [-0.3, -0.25) is 4.98 Å². The average Bonchev–Trinajstić information content (AvgIpc) is 2.63. The van der Waals surface area contributed by atoms with Crippen molar-refractivity contribution < 1.29 is 4.42 Å². The minimum absolute atomic E-state index is 0.416. The lowest BCUT2D eigenvalue weighted by atomic mass is 10.5. The molecule has 2 heterocycles. The quantitative estimate of drug-likeness (QED) is 0.755. The lowest BCUT2D eigenvalue weighted by Gasteiger charge is -1.96. The molecule has 0 N–H and O–H groups in total. The molecule has 0 atom stereocenters. The molecule has 14 heavy (non-hydrogen) atoms. The van der Waals surface area contributed by atoms with E-state index in [0.29, 0.717) is 11.0 Å². The lowest BCUT2D eigenvalue weighted by molar-refractivity contribution is 0.532. The summed E-state index contributed by atoms with van der Waals surface area (Å²) < 4.78 is 5.20. The van der Waals surface area contributed by atoms with Crippen molar-refractivity contribution >= 4 is 23.4 Å². The normalized spacial score (nSPS) is 10.4. The van der Waals surface area contributed by atoms with Crippen molar-refractivity contribution in [2.45, 2.75) is 10.8 Å². The van der Waals surface area contributed by atoms with Gasteiger partial charge in [0.05, 0.1) is 11.9 Å². The Morgan fingerprint density at radius 2 is 2.29 bits per heavy atom. The molecule has 0 amide bonds. The number of hydrogen-bond donors (Lipinski definition) is 0. The minimum atomic E-state index is 0.416. The summed E-state index contributed by atoms with van der Waals surface area (Å²) >= 11 is 7.20. The van der Waals surface area contributed by atoms with Crippen molar-refractivity contribution in [3.8, 4) is 0 Å². The number of halogens is 1. The highest BCUT2D eigenvalue weighted by atomic mass is 35.5. The summed E-state index contributed by atoms with van der Waals surface area (Å²) in [5.41, 5.74) is 0. The summed E-state index contributed by atoms with van der Waals surface area (Å²) in [6, 6.07) is 3.58. The Hall–Kier alpha value is -1.00. The van der Waals surface area contributed by atoms with E-state index in [0.717, 1.165) is 10.8 Å². The topological polar surface area (TPSA) is 38.9 Å². The van der Waals surface area contributed by atoms with Crippen molar-refractivity contribution in [3.63, 3.8) is 0 Å². The lowest BCUT2D eigenvalue weighted by Crippen LogP contribution is -1.81. The summed E-state index contributed by atoms with van der Waals surface area (Å²) in [5.74, 6) is 1.55. The summed E-state index contributed by atoms with van der Waals surface area (Å²) in [6.07, 6.45) is 5.03. The molecule has 0 radical (unpaired) electrons. The van der Waals surface area contributed by atoms with Crippen LogP contribution in [0.25, 0.3) is 0 Å². The molecule has 0 unspecified atom stereocenters. The van der Waals surface area contributed by atoms with E-state index in [1.54, 1.807) is 36.4 Å². The molecule has 0 aliphatic carbocycles. The molecular formula is C9H7ClN2OS. The van der Waals surface area contributed by atoms with Gasteiger partial charge in [0, 0.05) is 12.4 Å². The molecule has 0 aliphatic heterocycles. The van der Waals surface area contributed by atoms with Gasteiger partial charge >= 0.3 is 0 Å². The third-order valence-electron chi connectivity index (χ3n) is 1.53. The van der Waals surface area contributed by atoms with Crippen LogP contribution in [0.4, 0.5) is 0 Å². The molecule has 5 heteroatoms. The van der Waals surface area contributed by atoms with Crippen molar-refractivity contribution in [3.05, 3.63) is 41.7 Å². The van der Waals surface area contributed by atoms with Crippen LogP contribution in [-0.2, 0) is 5.75 Å². The van der Waals surface area contributed by atoms with Crippen LogP contribution in [0.2, 0.25) is 5.22 Å². The van der Waals surface area contributed by atoms with Crippen molar-refractivity contribution in [2.24, 2.45) is 0 Å². The van der Waals surface area contributed by atoms with E-state index < -0.39 is 0 Å². The van der Waals surface area contributed by atoms with Crippen molar-refractivity contribution in [1.82, 2.24) is 9.97 Å². The van der Waals surface area contributed by atoms with Crippen molar-refractivity contribution in [2.75, 3.05) is 0 Å². The fraction of sp³-hybridized carbons (Fsp3) is 0.111. The van der Waals surface area contributed by atoms with Gasteiger partial charge in [-0.1, -0.05) is 11.8 Å². The average molecular weight is 227 g/mol. The smallest absolute Gasteiger partial charge is 0.193 e. The second kappa shape index (κ2) is 4.48. The second-order valence-electron chi connectivity index (χ2n) is 2.54. The van der Waals surface area contributed by atoms with Crippen LogP contribution < -0.4 is 0 Å². The maximum Gasteiger partial charge on any atom is 0.193 e. The standard InChI is InChI=1S/C9H7ClN2OS/c10-8-2-1-7(13-8)6-14-9-5-11-3-4-12-9/h1-5H,6H2. The predicted octanol–water partition coefficient (Wildman–Crippen LogP) is 3.02. The molecule has 2 aromatic rings. The first-order valence-corrected chi connectivity index (χ1v) is 5.34. The van der Waals surface area contributed by atoms with Crippen LogP contribution in [-0.4, -0.2) is 9.97 Å². The zero-order chi connectivity index (χ0) is 9.80. The number of furan rings is 1. The van der Waals surface area contributed by atoms with Gasteiger partial charge in [-0.2, -0.15) is 0 Å². The molecule has 3 nitrogen and oxygen atoms in total. The predicted molar refractivity (Wildman–Crippen MR) is 55.3 cm³/mol. The highest BCUT2D eigenvalue weighted by molar-refractivity contribution is 7.98. The summed E-state index contributed by atoms with van der Waals surface area (Å²) in [6.45, 7) is 0. The van der Waals surface area contributed by atoms with Crippen LogP contribution in [0.3, 0.4) is 0 Å². The first-order valence-electron chi connectivity index (χ1n) is 3.97. The largest absolute Gasteiger partial charge is 0.449 e. The monoisotopic (exact) mass is 226 g/mol. The van der Waals surface area contributed by atoms with E-state index >= 15 is 0 Å². The van der Waals surface area contributed by atoms with Gasteiger partial charge in [0.15, 0.2) is 5.22 Å². The SMILES string of the molecule is Clc1ccc(CSc2cnccn2)o1. The van der Waals surface area contributed by atoms with Crippen LogP contribution in [0.1, 0.15) is 5.76 Å². The van der Waals surface area contributed by atoms with Gasteiger partial charge in [-0.25, -0.2) is 4.98 Å². The molecule has 0 aromatic carbocycles. The maximum atomic E-state index is 5.64. The van der Waals surface area contributed by atoms with E-state index in [1.807, 2.05) is 6.07 Å². The Bertz CT molecular complexity index is 404. The maximum absolute atomic E-state index is 5.64. The van der Waals surface area contributed by atoms with E-state index in [2.05, 4.69) is 9.97 Å². The number of aromatic nitrogens is 2. The third kappa shape index (κ3) is 2.49. The van der Waals surface area contributed by atoms with Gasteiger partial charge in [-0.05, 0) is 23.7 Å². The Balaban J connectivity index is 1.95. The second-order valence-corrected chi connectivity index (χ2v) is 3.91. The summed E-state index contributed by atoms with van der Waals surface area (Å²) in [4.78, 5) is 8.09. The first kappa shape index (κ1) is 9.55. The first-order chi connectivity index (χ1) is 6.84. The Morgan fingerprint density at radius 1 is 1.36 bits per heavy atom. The summed E-state index contributed by atoms with van der Waals surface area (Å²) in [7, 11) is 0. The Kier molecular flexibility index (Phi) is 3.06. The van der Waals surface area contributed by atoms with Gasteiger partial charge in [0.1, 0.15) is 10.8 Å². The molecule has 0 saturated heterocycles. The molecule has 0 saturated carbocycles. The van der Waals surface area contributed by atoms with Crippen molar-refractivity contribution in [1.29, 1.82) is 0 Å².